The van der Waals surface area contributed by atoms with Gasteiger partial charge in [-0.15, -0.1) is 0 Å². The molecule has 1 aromatic heterocycles. The number of aromatic nitrogens is 2. The van der Waals surface area contributed by atoms with E-state index in [1.54, 1.807) is 0 Å². The largest absolute Gasteiger partial charge is 0.333 e. The molecule has 0 aromatic carbocycles. The van der Waals surface area contributed by atoms with Crippen LogP contribution in [0.3, 0.4) is 0 Å². The molecule has 0 aliphatic carbocycles. The average molecular weight is 250 g/mol. The summed E-state index contributed by atoms with van der Waals surface area (Å²) < 4.78 is 2.27. The second-order valence-electron chi connectivity index (χ2n) is 5.08. The monoisotopic (exact) mass is 250 g/mol. The van der Waals surface area contributed by atoms with Crippen molar-refractivity contribution in [2.24, 2.45) is 0 Å². The van der Waals surface area contributed by atoms with Crippen LogP contribution in [0.1, 0.15) is 38.4 Å². The maximum absolute atomic E-state index is 4.40. The molecule has 0 spiro atoms. The van der Waals surface area contributed by atoms with Gasteiger partial charge in [-0.1, -0.05) is 19.8 Å². The highest BCUT2D eigenvalue weighted by Crippen LogP contribution is 2.11. The van der Waals surface area contributed by atoms with Crippen molar-refractivity contribution in [3.8, 4) is 0 Å². The van der Waals surface area contributed by atoms with Gasteiger partial charge in [0.1, 0.15) is 5.82 Å². The molecule has 4 nitrogen and oxygen atoms in total. The van der Waals surface area contributed by atoms with Crippen LogP contribution < -0.4 is 5.32 Å². The zero-order valence-corrected chi connectivity index (χ0v) is 11.6. The average Bonchev–Trinajstić information content (AvgIpc) is 2.85. The van der Waals surface area contributed by atoms with Crippen LogP contribution in [-0.2, 0) is 13.1 Å². The summed E-state index contributed by atoms with van der Waals surface area (Å²) in [6, 6.07) is 0. The lowest BCUT2D eigenvalue weighted by atomic mass is 10.2. The maximum Gasteiger partial charge on any atom is 0.122 e. The predicted molar refractivity (Wildman–Crippen MR) is 74.5 cm³/mol. The Morgan fingerprint density at radius 2 is 2.11 bits per heavy atom. The van der Waals surface area contributed by atoms with E-state index >= 15 is 0 Å². The Balaban J connectivity index is 1.53. The first-order chi connectivity index (χ1) is 8.90. The lowest BCUT2D eigenvalue weighted by Crippen LogP contribution is -2.34. The van der Waals surface area contributed by atoms with Gasteiger partial charge in [-0.2, -0.15) is 0 Å². The normalized spacial score (nSPS) is 15.8. The Morgan fingerprint density at radius 3 is 3.00 bits per heavy atom. The second kappa shape index (κ2) is 7.54. The van der Waals surface area contributed by atoms with E-state index in [9.17, 15) is 0 Å². The summed E-state index contributed by atoms with van der Waals surface area (Å²) in [6.45, 7) is 8.99. The molecule has 1 N–H and O–H groups in total. The van der Waals surface area contributed by atoms with Gasteiger partial charge >= 0.3 is 0 Å². The lowest BCUT2D eigenvalue weighted by Gasteiger charge is -2.27. The third-order valence-electron chi connectivity index (χ3n) is 3.65. The summed E-state index contributed by atoms with van der Waals surface area (Å²) in [6.07, 6.45) is 9.36. The Bertz CT molecular complexity index is 334. The van der Waals surface area contributed by atoms with Crippen LogP contribution in [0.5, 0.6) is 0 Å². The van der Waals surface area contributed by atoms with Gasteiger partial charge in [-0.05, 0) is 32.5 Å². The van der Waals surface area contributed by atoms with Gasteiger partial charge in [-0.3, -0.25) is 4.90 Å². The van der Waals surface area contributed by atoms with Crippen LogP contribution in [0.4, 0.5) is 0 Å². The zero-order valence-electron chi connectivity index (χ0n) is 11.6. The molecular formula is C14H26N4. The minimum Gasteiger partial charge on any atom is -0.333 e. The molecule has 2 heterocycles. The highest BCUT2D eigenvalue weighted by Gasteiger charge is 2.15. The van der Waals surface area contributed by atoms with E-state index in [4.69, 9.17) is 0 Å². The molecule has 18 heavy (non-hydrogen) atoms. The number of fused-ring (bicyclic) bond motifs is 1. The number of unbranched alkanes of at least 4 members (excludes halogenated alkanes) is 3. The zero-order chi connectivity index (χ0) is 12.6. The van der Waals surface area contributed by atoms with E-state index in [-0.39, 0.29) is 0 Å². The van der Waals surface area contributed by atoms with Crippen LogP contribution in [0, 0.1) is 0 Å². The van der Waals surface area contributed by atoms with Crippen molar-refractivity contribution in [1.29, 1.82) is 0 Å². The Labute approximate surface area is 110 Å². The molecule has 1 aliphatic rings. The quantitative estimate of drug-likeness (QED) is 0.715. The van der Waals surface area contributed by atoms with Gasteiger partial charge in [-0.25, -0.2) is 4.98 Å². The third kappa shape index (κ3) is 4.10. The minimum atomic E-state index is 1.03. The molecule has 0 unspecified atom stereocenters. The fraction of sp³-hybridized carbons (Fsp3) is 0.786. The second-order valence-corrected chi connectivity index (χ2v) is 5.08. The van der Waals surface area contributed by atoms with Crippen molar-refractivity contribution in [2.45, 2.75) is 45.7 Å². The first kappa shape index (κ1) is 13.6. The highest BCUT2D eigenvalue weighted by molar-refractivity contribution is 4.95. The number of nitrogens with one attached hydrogen (secondary N) is 1. The van der Waals surface area contributed by atoms with Crippen LogP contribution in [-0.4, -0.2) is 40.6 Å². The molecule has 0 bridgehead atoms. The van der Waals surface area contributed by atoms with E-state index < -0.39 is 0 Å². The van der Waals surface area contributed by atoms with Crippen LogP contribution in [0.25, 0.3) is 0 Å². The molecule has 0 fully saturated rings. The van der Waals surface area contributed by atoms with Crippen molar-refractivity contribution in [1.82, 2.24) is 19.8 Å². The van der Waals surface area contributed by atoms with Crippen molar-refractivity contribution < 1.29 is 0 Å². The summed E-state index contributed by atoms with van der Waals surface area (Å²) in [5.74, 6) is 1.23. The Morgan fingerprint density at radius 1 is 1.22 bits per heavy atom. The number of imidazole rings is 1. The molecule has 4 heteroatoms. The van der Waals surface area contributed by atoms with E-state index in [0.29, 0.717) is 0 Å². The molecule has 102 valence electrons. The third-order valence-corrected chi connectivity index (χ3v) is 3.65. The number of hydrogen-bond donors (Lipinski definition) is 1. The Hall–Kier alpha value is -0.870. The first-order valence-corrected chi connectivity index (χ1v) is 7.33. The topological polar surface area (TPSA) is 33.1 Å². The van der Waals surface area contributed by atoms with Gasteiger partial charge < -0.3 is 9.88 Å². The van der Waals surface area contributed by atoms with Gasteiger partial charge in [0.15, 0.2) is 0 Å². The van der Waals surface area contributed by atoms with Crippen molar-refractivity contribution in [3.05, 3.63) is 18.2 Å². The Kier molecular flexibility index (Phi) is 5.68. The molecule has 1 aromatic rings. The summed E-state index contributed by atoms with van der Waals surface area (Å²) in [7, 11) is 0. The first-order valence-electron chi connectivity index (χ1n) is 7.33. The molecule has 2 rings (SSSR count). The van der Waals surface area contributed by atoms with Gasteiger partial charge in [0.25, 0.3) is 0 Å². The van der Waals surface area contributed by atoms with E-state index in [0.717, 1.165) is 19.6 Å². The smallest absolute Gasteiger partial charge is 0.122 e. The molecule has 0 atom stereocenters. The fourth-order valence-electron chi connectivity index (χ4n) is 2.53. The molecule has 0 amide bonds. The van der Waals surface area contributed by atoms with E-state index in [1.807, 2.05) is 6.20 Å². The lowest BCUT2D eigenvalue weighted by molar-refractivity contribution is 0.212. The standard InChI is InChI=1S/C14H26N4/c1-2-15-7-5-3-4-6-9-17-11-12-18-10-8-16-14(18)13-17/h8,10,15H,2-7,9,11-13H2,1H3. The SMILES string of the molecule is CCNCCCCCCN1CCn2ccnc2C1. The van der Waals surface area contributed by atoms with Gasteiger partial charge in [0, 0.05) is 25.5 Å². The van der Waals surface area contributed by atoms with Crippen LogP contribution in [0.15, 0.2) is 12.4 Å². The maximum atomic E-state index is 4.40. The van der Waals surface area contributed by atoms with Crippen molar-refractivity contribution in [2.75, 3.05) is 26.2 Å². The van der Waals surface area contributed by atoms with Crippen molar-refractivity contribution >= 4 is 0 Å². The molecule has 0 saturated heterocycles. The molecule has 1 aliphatic heterocycles. The molecule has 0 saturated carbocycles. The number of rotatable bonds is 8. The summed E-state index contributed by atoms with van der Waals surface area (Å²) in [5.41, 5.74) is 0. The van der Waals surface area contributed by atoms with Gasteiger partial charge in [0.05, 0.1) is 6.54 Å². The van der Waals surface area contributed by atoms with E-state index in [1.165, 1.54) is 51.1 Å². The predicted octanol–water partition coefficient (Wildman–Crippen LogP) is 1.87. The molecule has 0 radical (unpaired) electrons. The van der Waals surface area contributed by atoms with Crippen LogP contribution >= 0.6 is 0 Å². The minimum absolute atomic E-state index is 1.03. The van der Waals surface area contributed by atoms with E-state index in [2.05, 4.69) is 32.9 Å². The number of hydrogen-bond acceptors (Lipinski definition) is 3. The fourth-order valence-corrected chi connectivity index (χ4v) is 2.53. The van der Waals surface area contributed by atoms with Crippen molar-refractivity contribution in [3.63, 3.8) is 0 Å². The highest BCUT2D eigenvalue weighted by atomic mass is 15.2. The van der Waals surface area contributed by atoms with Crippen LogP contribution in [0.2, 0.25) is 0 Å². The summed E-state index contributed by atoms with van der Waals surface area (Å²) >= 11 is 0. The van der Waals surface area contributed by atoms with Gasteiger partial charge in [0.2, 0.25) is 0 Å². The number of nitrogens with zero attached hydrogens (tertiary/aromatic N) is 3. The molecular weight excluding hydrogens is 224 g/mol. The summed E-state index contributed by atoms with van der Waals surface area (Å²) in [4.78, 5) is 6.93. The summed E-state index contributed by atoms with van der Waals surface area (Å²) in [5, 5.41) is 3.38.